The van der Waals surface area contributed by atoms with E-state index in [9.17, 15) is 9.90 Å². The first kappa shape index (κ1) is 13.6. The van der Waals surface area contributed by atoms with E-state index in [0.29, 0.717) is 25.1 Å². The van der Waals surface area contributed by atoms with E-state index in [2.05, 4.69) is 4.98 Å². The number of methoxy groups -OCH3 is 1. The van der Waals surface area contributed by atoms with Crippen LogP contribution in [0.2, 0.25) is 0 Å². The lowest BCUT2D eigenvalue weighted by Gasteiger charge is -2.23. The molecule has 0 amide bonds. The Morgan fingerprint density at radius 2 is 1.86 bits per heavy atom. The molecule has 0 unspecified atom stereocenters. The van der Waals surface area contributed by atoms with Gasteiger partial charge in [0.15, 0.2) is 0 Å². The van der Waals surface area contributed by atoms with E-state index < -0.39 is 11.4 Å². The SMILES string of the molecule is COc1cccc(CC2(C(=O)O)Cc3ccccc3C2)n1. The summed E-state index contributed by atoms with van der Waals surface area (Å²) in [7, 11) is 1.56. The highest BCUT2D eigenvalue weighted by atomic mass is 16.5. The molecule has 108 valence electrons. The predicted molar refractivity (Wildman–Crippen MR) is 78.4 cm³/mol. The number of pyridine rings is 1. The van der Waals surface area contributed by atoms with E-state index in [1.165, 1.54) is 0 Å². The molecule has 2 aromatic rings. The van der Waals surface area contributed by atoms with Crippen LogP contribution in [-0.4, -0.2) is 23.2 Å². The minimum atomic E-state index is -0.803. The summed E-state index contributed by atoms with van der Waals surface area (Å²) >= 11 is 0. The van der Waals surface area contributed by atoms with Gasteiger partial charge in [0.25, 0.3) is 0 Å². The maximum atomic E-state index is 11.9. The Bertz CT molecular complexity index is 656. The second-order valence-corrected chi connectivity index (χ2v) is 5.56. The molecule has 1 aliphatic rings. The number of nitrogens with zero attached hydrogens (tertiary/aromatic N) is 1. The van der Waals surface area contributed by atoms with Gasteiger partial charge in [-0.25, -0.2) is 4.98 Å². The zero-order chi connectivity index (χ0) is 14.9. The molecule has 4 nitrogen and oxygen atoms in total. The summed E-state index contributed by atoms with van der Waals surface area (Å²) in [6.07, 6.45) is 1.52. The van der Waals surface area contributed by atoms with E-state index in [4.69, 9.17) is 4.74 Å². The number of carbonyl (C=O) groups is 1. The largest absolute Gasteiger partial charge is 0.481 e. The molecule has 0 bridgehead atoms. The number of carboxylic acids is 1. The number of hydrogen-bond donors (Lipinski definition) is 1. The van der Waals surface area contributed by atoms with Gasteiger partial charge in [-0.3, -0.25) is 4.79 Å². The number of hydrogen-bond acceptors (Lipinski definition) is 3. The van der Waals surface area contributed by atoms with Crippen LogP contribution < -0.4 is 4.74 Å². The number of aromatic nitrogens is 1. The third-order valence-electron chi connectivity index (χ3n) is 4.14. The average Bonchev–Trinajstić information content (AvgIpc) is 2.86. The Hall–Kier alpha value is -2.36. The van der Waals surface area contributed by atoms with Crippen molar-refractivity contribution in [1.29, 1.82) is 0 Å². The molecule has 1 aromatic heterocycles. The van der Waals surface area contributed by atoms with Crippen molar-refractivity contribution in [1.82, 2.24) is 4.98 Å². The maximum Gasteiger partial charge on any atom is 0.310 e. The van der Waals surface area contributed by atoms with Crippen LogP contribution in [0.4, 0.5) is 0 Å². The van der Waals surface area contributed by atoms with Crippen molar-refractivity contribution in [2.45, 2.75) is 19.3 Å². The predicted octanol–water partition coefficient (Wildman–Crippen LogP) is 2.50. The van der Waals surface area contributed by atoms with Gasteiger partial charge in [-0.05, 0) is 30.0 Å². The zero-order valence-electron chi connectivity index (χ0n) is 11.9. The van der Waals surface area contributed by atoms with Gasteiger partial charge in [-0.1, -0.05) is 30.3 Å². The number of ether oxygens (including phenoxy) is 1. The summed E-state index contributed by atoms with van der Waals surface area (Å²) in [5, 5.41) is 9.76. The van der Waals surface area contributed by atoms with Crippen LogP contribution in [0, 0.1) is 5.41 Å². The minimum Gasteiger partial charge on any atom is -0.481 e. The van der Waals surface area contributed by atoms with Crippen LogP contribution >= 0.6 is 0 Å². The molecular formula is C17H17NO3. The molecule has 0 radical (unpaired) electrons. The van der Waals surface area contributed by atoms with Gasteiger partial charge in [-0.2, -0.15) is 0 Å². The Labute approximate surface area is 123 Å². The summed E-state index contributed by atoms with van der Waals surface area (Å²) in [5.74, 6) is -0.244. The monoisotopic (exact) mass is 283 g/mol. The highest BCUT2D eigenvalue weighted by molar-refractivity contribution is 5.77. The fourth-order valence-electron chi connectivity index (χ4n) is 3.06. The van der Waals surface area contributed by atoms with Crippen LogP contribution in [0.15, 0.2) is 42.5 Å². The average molecular weight is 283 g/mol. The lowest BCUT2D eigenvalue weighted by Crippen LogP contribution is -2.34. The lowest BCUT2D eigenvalue weighted by atomic mass is 9.80. The third kappa shape index (κ3) is 2.49. The zero-order valence-corrected chi connectivity index (χ0v) is 11.9. The molecule has 0 saturated carbocycles. The van der Waals surface area contributed by atoms with Gasteiger partial charge in [0.05, 0.1) is 12.5 Å². The van der Waals surface area contributed by atoms with E-state index in [0.717, 1.165) is 16.8 Å². The smallest absolute Gasteiger partial charge is 0.310 e. The molecule has 0 aliphatic heterocycles. The number of carboxylic acid groups (broad SMARTS) is 1. The fraction of sp³-hybridized carbons (Fsp3) is 0.294. The fourth-order valence-corrected chi connectivity index (χ4v) is 3.06. The van der Waals surface area contributed by atoms with Gasteiger partial charge in [0.1, 0.15) is 0 Å². The van der Waals surface area contributed by atoms with Crippen molar-refractivity contribution in [2.75, 3.05) is 7.11 Å². The first-order valence-electron chi connectivity index (χ1n) is 6.93. The second-order valence-electron chi connectivity index (χ2n) is 5.56. The van der Waals surface area contributed by atoms with Crippen molar-refractivity contribution in [3.05, 3.63) is 59.3 Å². The van der Waals surface area contributed by atoms with Gasteiger partial charge in [0, 0.05) is 18.2 Å². The molecule has 1 aromatic carbocycles. The standard InChI is InChI=1S/C17H17NO3/c1-21-15-8-4-7-14(18-15)11-17(16(19)20)9-12-5-2-3-6-13(12)10-17/h2-8H,9-11H2,1H3,(H,19,20). The van der Waals surface area contributed by atoms with E-state index in [1.807, 2.05) is 36.4 Å². The van der Waals surface area contributed by atoms with Crippen LogP contribution in [0.5, 0.6) is 5.88 Å². The summed E-state index contributed by atoms with van der Waals surface area (Å²) in [6, 6.07) is 13.4. The highest BCUT2D eigenvalue weighted by Crippen LogP contribution is 2.39. The lowest BCUT2D eigenvalue weighted by molar-refractivity contribution is -0.148. The van der Waals surface area contributed by atoms with Gasteiger partial charge in [0.2, 0.25) is 5.88 Å². The molecule has 0 saturated heterocycles. The molecule has 3 rings (SSSR count). The summed E-state index contributed by atoms with van der Waals surface area (Å²) in [6.45, 7) is 0. The molecule has 1 aliphatic carbocycles. The molecule has 4 heteroatoms. The molecular weight excluding hydrogens is 266 g/mol. The van der Waals surface area contributed by atoms with Gasteiger partial charge in [-0.15, -0.1) is 0 Å². The van der Waals surface area contributed by atoms with Crippen molar-refractivity contribution in [3.63, 3.8) is 0 Å². The summed E-state index contributed by atoms with van der Waals surface area (Å²) in [4.78, 5) is 16.3. The minimum absolute atomic E-state index is 0.411. The van der Waals surface area contributed by atoms with Crippen molar-refractivity contribution in [2.24, 2.45) is 5.41 Å². The van der Waals surface area contributed by atoms with E-state index in [-0.39, 0.29) is 0 Å². The Balaban J connectivity index is 1.92. The Morgan fingerprint density at radius 3 is 2.43 bits per heavy atom. The molecule has 1 heterocycles. The van der Waals surface area contributed by atoms with Crippen LogP contribution in [-0.2, 0) is 24.1 Å². The van der Waals surface area contributed by atoms with Crippen LogP contribution in [0.25, 0.3) is 0 Å². The maximum absolute atomic E-state index is 11.9. The topological polar surface area (TPSA) is 59.4 Å². The molecule has 1 N–H and O–H groups in total. The van der Waals surface area contributed by atoms with Crippen molar-refractivity contribution < 1.29 is 14.6 Å². The Kier molecular flexibility index (Phi) is 3.37. The number of fused-ring (bicyclic) bond motifs is 1. The number of aliphatic carboxylic acids is 1. The summed E-state index contributed by atoms with van der Waals surface area (Å²) in [5.41, 5.74) is 2.21. The first-order valence-corrected chi connectivity index (χ1v) is 6.93. The van der Waals surface area contributed by atoms with E-state index >= 15 is 0 Å². The van der Waals surface area contributed by atoms with Gasteiger partial charge < -0.3 is 9.84 Å². The number of rotatable bonds is 4. The van der Waals surface area contributed by atoms with Crippen molar-refractivity contribution in [3.8, 4) is 5.88 Å². The normalized spacial score (nSPS) is 15.5. The summed E-state index contributed by atoms with van der Waals surface area (Å²) < 4.78 is 5.12. The highest BCUT2D eigenvalue weighted by Gasteiger charge is 2.44. The molecule has 0 fully saturated rings. The van der Waals surface area contributed by atoms with Crippen LogP contribution in [0.3, 0.4) is 0 Å². The third-order valence-corrected chi connectivity index (χ3v) is 4.14. The first-order chi connectivity index (χ1) is 10.1. The molecule has 0 atom stereocenters. The number of benzene rings is 1. The quantitative estimate of drug-likeness (QED) is 0.936. The van der Waals surface area contributed by atoms with Gasteiger partial charge >= 0.3 is 5.97 Å². The molecule has 21 heavy (non-hydrogen) atoms. The Morgan fingerprint density at radius 1 is 1.19 bits per heavy atom. The second kappa shape index (κ2) is 5.20. The van der Waals surface area contributed by atoms with Crippen molar-refractivity contribution >= 4 is 5.97 Å². The van der Waals surface area contributed by atoms with Crippen LogP contribution in [0.1, 0.15) is 16.8 Å². The van der Waals surface area contributed by atoms with E-state index in [1.54, 1.807) is 13.2 Å². The molecule has 0 spiro atoms.